The third kappa shape index (κ3) is 3.87. The lowest BCUT2D eigenvalue weighted by atomic mass is 10.1. The molecule has 1 aromatic rings. The van der Waals surface area contributed by atoms with Gasteiger partial charge in [0.25, 0.3) is 0 Å². The number of benzene rings is 1. The lowest BCUT2D eigenvalue weighted by Gasteiger charge is -2.14. The summed E-state index contributed by atoms with van der Waals surface area (Å²) in [7, 11) is 0. The molecule has 0 aromatic heterocycles. The summed E-state index contributed by atoms with van der Waals surface area (Å²) < 4.78 is 0. The molecule has 0 spiro atoms. The molecule has 0 unspecified atom stereocenters. The van der Waals surface area contributed by atoms with Gasteiger partial charge in [-0.2, -0.15) is 0 Å². The van der Waals surface area contributed by atoms with E-state index >= 15 is 0 Å². The number of amides is 1. The van der Waals surface area contributed by atoms with Crippen LogP contribution in [0.5, 0.6) is 0 Å². The topological polar surface area (TPSA) is 66.4 Å². The predicted octanol–water partition coefficient (Wildman–Crippen LogP) is 1.60. The van der Waals surface area contributed by atoms with E-state index in [1.54, 1.807) is 0 Å². The van der Waals surface area contributed by atoms with Crippen LogP contribution in [0, 0.1) is 5.92 Å². The summed E-state index contributed by atoms with van der Waals surface area (Å²) in [4.78, 5) is 22.8. The summed E-state index contributed by atoms with van der Waals surface area (Å²) in [6.07, 6.45) is 2.95. The fraction of sp³-hybridized carbons (Fsp3) is 0.429. The molecule has 1 aromatic carbocycles. The first-order chi connectivity index (χ1) is 8.65. The maximum atomic E-state index is 11.8. The van der Waals surface area contributed by atoms with Crippen molar-refractivity contribution in [2.75, 3.05) is 0 Å². The fourth-order valence-electron chi connectivity index (χ4n) is 1.93. The van der Waals surface area contributed by atoms with Gasteiger partial charge >= 0.3 is 5.97 Å². The molecule has 0 heterocycles. The number of carboxylic acid groups (broad SMARTS) is 1. The molecule has 1 atom stereocenters. The maximum absolute atomic E-state index is 11.8. The Hall–Kier alpha value is -1.84. The molecule has 0 saturated heterocycles. The van der Waals surface area contributed by atoms with E-state index < -0.39 is 12.0 Å². The number of hydrogen-bond donors (Lipinski definition) is 2. The number of hydrogen-bond acceptors (Lipinski definition) is 2. The van der Waals surface area contributed by atoms with Crippen molar-refractivity contribution in [1.82, 2.24) is 5.32 Å². The largest absolute Gasteiger partial charge is 0.480 e. The number of carbonyl (C=O) groups excluding carboxylic acids is 1. The van der Waals surface area contributed by atoms with Crippen molar-refractivity contribution < 1.29 is 14.7 Å². The van der Waals surface area contributed by atoms with Crippen molar-refractivity contribution in [3.63, 3.8) is 0 Å². The average molecular weight is 247 g/mol. The standard InChI is InChI=1S/C14H17NO3/c16-13(9-10-4-2-1-3-5-10)15-12(14(17)18)8-11-6-7-11/h1-5,11-12H,6-9H2,(H,15,16)(H,17,18)/t12-/m0/s1. The van der Waals surface area contributed by atoms with Gasteiger partial charge in [-0.1, -0.05) is 43.2 Å². The fourth-order valence-corrected chi connectivity index (χ4v) is 1.93. The molecular formula is C14H17NO3. The highest BCUT2D eigenvalue weighted by molar-refractivity contribution is 5.84. The smallest absolute Gasteiger partial charge is 0.326 e. The van der Waals surface area contributed by atoms with Crippen LogP contribution < -0.4 is 5.32 Å². The van der Waals surface area contributed by atoms with E-state index in [9.17, 15) is 9.59 Å². The molecule has 4 nitrogen and oxygen atoms in total. The van der Waals surface area contributed by atoms with E-state index in [2.05, 4.69) is 5.32 Å². The van der Waals surface area contributed by atoms with Gasteiger partial charge in [0.05, 0.1) is 6.42 Å². The minimum Gasteiger partial charge on any atom is -0.480 e. The van der Waals surface area contributed by atoms with E-state index in [1.807, 2.05) is 30.3 Å². The summed E-state index contributed by atoms with van der Waals surface area (Å²) in [5, 5.41) is 11.6. The SMILES string of the molecule is O=C(Cc1ccccc1)N[C@@H](CC1CC1)C(=O)O. The molecule has 0 aliphatic heterocycles. The molecule has 2 rings (SSSR count). The summed E-state index contributed by atoms with van der Waals surface area (Å²) in [5.41, 5.74) is 0.894. The van der Waals surface area contributed by atoms with Gasteiger partial charge in [0.2, 0.25) is 5.91 Å². The first-order valence-electron chi connectivity index (χ1n) is 6.21. The molecule has 1 aliphatic carbocycles. The predicted molar refractivity (Wildman–Crippen MR) is 67.1 cm³/mol. The Labute approximate surface area is 106 Å². The van der Waals surface area contributed by atoms with Crippen molar-refractivity contribution in [3.05, 3.63) is 35.9 Å². The third-order valence-corrected chi connectivity index (χ3v) is 3.11. The Morgan fingerprint density at radius 3 is 2.50 bits per heavy atom. The van der Waals surface area contributed by atoms with E-state index in [4.69, 9.17) is 5.11 Å². The molecule has 1 fully saturated rings. The first-order valence-corrected chi connectivity index (χ1v) is 6.21. The third-order valence-electron chi connectivity index (χ3n) is 3.11. The maximum Gasteiger partial charge on any atom is 0.326 e. The van der Waals surface area contributed by atoms with Gasteiger partial charge in [-0.05, 0) is 17.9 Å². The van der Waals surface area contributed by atoms with Crippen LogP contribution in [0.25, 0.3) is 0 Å². The second-order valence-electron chi connectivity index (χ2n) is 4.80. The zero-order valence-corrected chi connectivity index (χ0v) is 10.1. The molecule has 1 amide bonds. The van der Waals surface area contributed by atoms with Crippen LogP contribution in [0.3, 0.4) is 0 Å². The Kier molecular flexibility index (Phi) is 3.97. The van der Waals surface area contributed by atoms with Gasteiger partial charge in [-0.3, -0.25) is 4.79 Å². The lowest BCUT2D eigenvalue weighted by Crippen LogP contribution is -2.41. The second kappa shape index (κ2) is 5.67. The van der Waals surface area contributed by atoms with E-state index in [1.165, 1.54) is 0 Å². The minimum atomic E-state index is -0.941. The Morgan fingerprint density at radius 1 is 1.28 bits per heavy atom. The first kappa shape index (κ1) is 12.6. The molecule has 2 N–H and O–H groups in total. The number of nitrogens with one attached hydrogen (secondary N) is 1. The summed E-state index contributed by atoms with van der Waals surface area (Å²) >= 11 is 0. The van der Waals surface area contributed by atoms with E-state index in [0.717, 1.165) is 18.4 Å². The Bertz CT molecular complexity index is 426. The van der Waals surface area contributed by atoms with Crippen LogP contribution in [-0.2, 0) is 16.0 Å². The van der Waals surface area contributed by atoms with Crippen LogP contribution in [-0.4, -0.2) is 23.0 Å². The van der Waals surface area contributed by atoms with Gasteiger partial charge in [-0.15, -0.1) is 0 Å². The molecular weight excluding hydrogens is 230 g/mol. The summed E-state index contributed by atoms with van der Waals surface area (Å²) in [6.45, 7) is 0. The number of rotatable bonds is 6. The van der Waals surface area contributed by atoms with Gasteiger partial charge in [0.15, 0.2) is 0 Å². The number of aliphatic carboxylic acids is 1. The number of carboxylic acids is 1. The van der Waals surface area contributed by atoms with Crippen molar-refractivity contribution in [2.24, 2.45) is 5.92 Å². The van der Waals surface area contributed by atoms with Gasteiger partial charge in [-0.25, -0.2) is 4.79 Å². The highest BCUT2D eigenvalue weighted by Crippen LogP contribution is 2.33. The quantitative estimate of drug-likeness (QED) is 0.802. The van der Waals surface area contributed by atoms with Crippen LogP contribution >= 0.6 is 0 Å². The van der Waals surface area contributed by atoms with Crippen LogP contribution in [0.2, 0.25) is 0 Å². The van der Waals surface area contributed by atoms with Crippen molar-refractivity contribution >= 4 is 11.9 Å². The molecule has 0 bridgehead atoms. The van der Waals surface area contributed by atoms with E-state index in [-0.39, 0.29) is 12.3 Å². The Morgan fingerprint density at radius 2 is 1.94 bits per heavy atom. The molecule has 96 valence electrons. The zero-order valence-electron chi connectivity index (χ0n) is 10.1. The van der Waals surface area contributed by atoms with Crippen molar-refractivity contribution in [1.29, 1.82) is 0 Å². The van der Waals surface area contributed by atoms with E-state index in [0.29, 0.717) is 12.3 Å². The lowest BCUT2D eigenvalue weighted by molar-refractivity contribution is -0.142. The second-order valence-corrected chi connectivity index (χ2v) is 4.80. The monoisotopic (exact) mass is 247 g/mol. The van der Waals surface area contributed by atoms with Crippen LogP contribution in [0.4, 0.5) is 0 Å². The molecule has 1 aliphatic rings. The van der Waals surface area contributed by atoms with Crippen molar-refractivity contribution in [3.8, 4) is 0 Å². The van der Waals surface area contributed by atoms with Gasteiger partial charge in [0.1, 0.15) is 6.04 Å². The molecule has 0 radical (unpaired) electrons. The molecule has 18 heavy (non-hydrogen) atoms. The summed E-state index contributed by atoms with van der Waals surface area (Å²) in [5.74, 6) is -0.694. The Balaban J connectivity index is 1.86. The zero-order chi connectivity index (χ0) is 13.0. The summed E-state index contributed by atoms with van der Waals surface area (Å²) in [6, 6.07) is 8.58. The molecule has 4 heteroatoms. The minimum absolute atomic E-state index is 0.228. The number of carbonyl (C=O) groups is 2. The molecule has 1 saturated carbocycles. The van der Waals surface area contributed by atoms with Crippen molar-refractivity contribution in [2.45, 2.75) is 31.7 Å². The van der Waals surface area contributed by atoms with Gasteiger partial charge < -0.3 is 10.4 Å². The van der Waals surface area contributed by atoms with Gasteiger partial charge in [0, 0.05) is 0 Å². The highest BCUT2D eigenvalue weighted by atomic mass is 16.4. The van der Waals surface area contributed by atoms with Crippen LogP contribution in [0.1, 0.15) is 24.8 Å². The normalized spacial score (nSPS) is 16.0. The van der Waals surface area contributed by atoms with Crippen LogP contribution in [0.15, 0.2) is 30.3 Å². The highest BCUT2D eigenvalue weighted by Gasteiger charge is 2.30. The average Bonchev–Trinajstić information content (AvgIpc) is 3.13.